The summed E-state index contributed by atoms with van der Waals surface area (Å²) in [6.45, 7) is 0.707. The van der Waals surface area contributed by atoms with Crippen molar-refractivity contribution in [1.82, 2.24) is 4.98 Å². The topological polar surface area (TPSA) is 76.5 Å². The van der Waals surface area contributed by atoms with E-state index in [2.05, 4.69) is 29.2 Å². The fourth-order valence-electron chi connectivity index (χ4n) is 3.36. The van der Waals surface area contributed by atoms with Gasteiger partial charge in [-0.1, -0.05) is 54.9 Å². The standard InChI is InChI=1S/C26H27BNO4/c29-25(23-11-7-12-24(28-23)26(30)31)27-18-17-21-13-15-22(16-14-21)32-19-6-2-5-10-20-8-3-1-4-9-20/h1,3-4,7-9,11-16H,2,5-6,10,17-19H2,(H,30,31). The second-order valence-corrected chi connectivity index (χ2v) is 7.61. The number of carboxylic acid groups (broad SMARTS) is 1. The van der Waals surface area contributed by atoms with Crippen molar-refractivity contribution in [3.8, 4) is 5.75 Å². The lowest BCUT2D eigenvalue weighted by atomic mass is 9.67. The quantitative estimate of drug-likeness (QED) is 0.304. The van der Waals surface area contributed by atoms with Gasteiger partial charge in [-0.3, -0.25) is 0 Å². The molecule has 32 heavy (non-hydrogen) atoms. The monoisotopic (exact) mass is 428 g/mol. The first-order valence-electron chi connectivity index (χ1n) is 11.0. The molecule has 0 saturated carbocycles. The van der Waals surface area contributed by atoms with Crippen LogP contribution in [0.1, 0.15) is 51.4 Å². The zero-order chi connectivity index (χ0) is 22.6. The number of rotatable bonds is 13. The lowest BCUT2D eigenvalue weighted by Crippen LogP contribution is -2.14. The molecule has 0 amide bonds. The number of aromatic nitrogens is 1. The molecule has 1 aromatic heterocycles. The molecule has 0 unspecified atom stereocenters. The number of unbranched alkanes of at least 4 members (excludes halogenated alkanes) is 2. The minimum atomic E-state index is -1.14. The van der Waals surface area contributed by atoms with Crippen molar-refractivity contribution in [2.24, 2.45) is 0 Å². The Hall–Kier alpha value is -3.41. The highest BCUT2D eigenvalue weighted by atomic mass is 16.5. The first-order valence-corrected chi connectivity index (χ1v) is 11.0. The molecule has 1 heterocycles. The van der Waals surface area contributed by atoms with Crippen molar-refractivity contribution < 1.29 is 19.4 Å². The third-order valence-corrected chi connectivity index (χ3v) is 5.13. The number of benzene rings is 2. The number of carbonyl (C=O) groups excluding carboxylic acids is 1. The van der Waals surface area contributed by atoms with E-state index in [0.717, 1.165) is 37.0 Å². The molecule has 163 valence electrons. The average Bonchev–Trinajstić information content (AvgIpc) is 2.83. The van der Waals surface area contributed by atoms with Crippen LogP contribution in [-0.4, -0.2) is 35.6 Å². The summed E-state index contributed by atoms with van der Waals surface area (Å²) in [5.74, 6) is -0.291. The molecule has 0 aliphatic rings. The number of nitrogens with zero attached hydrogens (tertiary/aromatic N) is 1. The van der Waals surface area contributed by atoms with Gasteiger partial charge in [-0.2, -0.15) is 0 Å². The largest absolute Gasteiger partial charge is 0.494 e. The SMILES string of the molecule is O=C(O)c1cccc(C(=O)[B]CCc2ccc(OCCCCCc3ccccc3)cc2)n1. The molecule has 6 heteroatoms. The maximum Gasteiger partial charge on any atom is 0.354 e. The molecule has 0 saturated heterocycles. The zero-order valence-electron chi connectivity index (χ0n) is 18.1. The summed E-state index contributed by atoms with van der Waals surface area (Å²) in [6, 6.07) is 22.9. The lowest BCUT2D eigenvalue weighted by Gasteiger charge is -2.07. The van der Waals surface area contributed by atoms with E-state index in [1.165, 1.54) is 23.8 Å². The minimum Gasteiger partial charge on any atom is -0.494 e. The van der Waals surface area contributed by atoms with Crippen molar-refractivity contribution in [3.63, 3.8) is 0 Å². The Bertz CT molecular complexity index is 1010. The smallest absolute Gasteiger partial charge is 0.354 e. The lowest BCUT2D eigenvalue weighted by molar-refractivity contribution is 0.0690. The first kappa shape index (κ1) is 23.3. The van der Waals surface area contributed by atoms with Crippen LogP contribution < -0.4 is 4.74 Å². The molecule has 0 atom stereocenters. The maximum absolute atomic E-state index is 12.2. The molecule has 2 aromatic carbocycles. The van der Waals surface area contributed by atoms with Crippen LogP contribution in [0.5, 0.6) is 5.75 Å². The van der Waals surface area contributed by atoms with Crippen LogP contribution in [0.25, 0.3) is 0 Å². The highest BCUT2D eigenvalue weighted by Gasteiger charge is 2.12. The van der Waals surface area contributed by atoms with Crippen LogP contribution >= 0.6 is 0 Å². The van der Waals surface area contributed by atoms with Gasteiger partial charge in [-0.15, -0.1) is 0 Å². The predicted molar refractivity (Wildman–Crippen MR) is 126 cm³/mol. The molecule has 0 fully saturated rings. The summed E-state index contributed by atoms with van der Waals surface area (Å²) in [5.41, 5.74) is 2.25. The first-order chi connectivity index (χ1) is 15.6. The van der Waals surface area contributed by atoms with Gasteiger partial charge in [0.15, 0.2) is 0 Å². The van der Waals surface area contributed by atoms with Crippen LogP contribution in [0.2, 0.25) is 6.32 Å². The van der Waals surface area contributed by atoms with Crippen molar-refractivity contribution in [2.45, 2.75) is 38.4 Å². The van der Waals surface area contributed by atoms with Gasteiger partial charge >= 0.3 is 5.97 Å². The maximum atomic E-state index is 12.2. The number of carbonyl (C=O) groups is 2. The molecule has 0 aliphatic carbocycles. The number of carboxylic acids is 1. The van der Waals surface area contributed by atoms with Gasteiger partial charge in [0.1, 0.15) is 17.1 Å². The predicted octanol–water partition coefficient (Wildman–Crippen LogP) is 5.08. The summed E-state index contributed by atoms with van der Waals surface area (Å²) in [5, 5.41) is 8.98. The number of hydrogen-bond acceptors (Lipinski definition) is 4. The summed E-state index contributed by atoms with van der Waals surface area (Å²) >= 11 is 0. The number of ether oxygens (including phenoxy) is 1. The van der Waals surface area contributed by atoms with Crippen molar-refractivity contribution in [2.75, 3.05) is 6.61 Å². The number of hydrogen-bond donors (Lipinski definition) is 1. The van der Waals surface area contributed by atoms with Gasteiger partial charge in [0.25, 0.3) is 0 Å². The number of pyridine rings is 1. The number of aryl methyl sites for hydroxylation is 2. The Morgan fingerprint density at radius 2 is 1.50 bits per heavy atom. The Kier molecular flexibility index (Phi) is 9.05. The second kappa shape index (κ2) is 12.4. The van der Waals surface area contributed by atoms with Crippen LogP contribution in [0.4, 0.5) is 0 Å². The van der Waals surface area contributed by atoms with Crippen LogP contribution in [0.15, 0.2) is 72.8 Å². The van der Waals surface area contributed by atoms with Crippen molar-refractivity contribution in [3.05, 3.63) is 95.3 Å². The molecule has 0 bridgehead atoms. The summed E-state index contributed by atoms with van der Waals surface area (Å²) in [7, 11) is 1.55. The van der Waals surface area contributed by atoms with Crippen molar-refractivity contribution in [1.29, 1.82) is 0 Å². The molecular weight excluding hydrogens is 401 g/mol. The van der Waals surface area contributed by atoms with E-state index in [4.69, 9.17) is 9.84 Å². The van der Waals surface area contributed by atoms with E-state index in [1.807, 2.05) is 30.3 Å². The van der Waals surface area contributed by atoms with Crippen LogP contribution in [0, 0.1) is 0 Å². The second-order valence-electron chi connectivity index (χ2n) is 7.61. The van der Waals surface area contributed by atoms with E-state index in [9.17, 15) is 9.59 Å². The van der Waals surface area contributed by atoms with Gasteiger partial charge in [0, 0.05) is 0 Å². The highest BCUT2D eigenvalue weighted by molar-refractivity contribution is 6.77. The number of aromatic carboxylic acids is 1. The van der Waals surface area contributed by atoms with Gasteiger partial charge in [-0.05, 0) is 67.5 Å². The summed E-state index contributed by atoms with van der Waals surface area (Å²) < 4.78 is 5.83. The van der Waals surface area contributed by atoms with E-state index in [0.29, 0.717) is 19.3 Å². The Morgan fingerprint density at radius 3 is 2.25 bits per heavy atom. The van der Waals surface area contributed by atoms with Gasteiger partial charge in [-0.25, -0.2) is 9.78 Å². The van der Waals surface area contributed by atoms with E-state index in [-0.39, 0.29) is 17.1 Å². The molecule has 0 aliphatic heterocycles. The third-order valence-electron chi connectivity index (χ3n) is 5.13. The van der Waals surface area contributed by atoms with Gasteiger partial charge < -0.3 is 14.6 Å². The normalized spacial score (nSPS) is 10.5. The minimum absolute atomic E-state index is 0.129. The Morgan fingerprint density at radius 1 is 0.781 bits per heavy atom. The molecule has 3 rings (SSSR count). The van der Waals surface area contributed by atoms with E-state index >= 15 is 0 Å². The highest BCUT2D eigenvalue weighted by Crippen LogP contribution is 2.15. The summed E-state index contributed by atoms with van der Waals surface area (Å²) in [6.07, 6.45) is 5.71. The van der Waals surface area contributed by atoms with E-state index in [1.54, 1.807) is 7.28 Å². The molecule has 3 aromatic rings. The van der Waals surface area contributed by atoms with Gasteiger partial charge in [0.2, 0.25) is 7.28 Å². The zero-order valence-corrected chi connectivity index (χ0v) is 18.1. The van der Waals surface area contributed by atoms with Crippen molar-refractivity contribution >= 4 is 18.9 Å². The Labute approximate surface area is 189 Å². The fourth-order valence-corrected chi connectivity index (χ4v) is 3.36. The molecule has 1 radical (unpaired) electrons. The van der Waals surface area contributed by atoms with Crippen LogP contribution in [0.3, 0.4) is 0 Å². The third kappa shape index (κ3) is 7.69. The molecule has 0 spiro atoms. The van der Waals surface area contributed by atoms with Crippen LogP contribution in [-0.2, 0) is 12.8 Å². The molecule has 5 nitrogen and oxygen atoms in total. The Balaban J connectivity index is 1.32. The van der Waals surface area contributed by atoms with Gasteiger partial charge in [0.05, 0.1) is 12.3 Å². The summed E-state index contributed by atoms with van der Waals surface area (Å²) in [4.78, 5) is 27.1. The molecular formula is C26H27BNO4. The van der Waals surface area contributed by atoms with E-state index < -0.39 is 5.97 Å². The average molecular weight is 428 g/mol. The molecule has 1 N–H and O–H groups in total. The fraction of sp³-hybridized carbons (Fsp3) is 0.269.